The normalized spacial score (nSPS) is 10.6. The highest BCUT2D eigenvalue weighted by molar-refractivity contribution is 9.10. The summed E-state index contributed by atoms with van der Waals surface area (Å²) in [5.74, 6) is 1.83. The molecule has 0 atom stereocenters. The summed E-state index contributed by atoms with van der Waals surface area (Å²) < 4.78 is 12.6. The fourth-order valence-electron chi connectivity index (χ4n) is 2.50. The van der Waals surface area contributed by atoms with Crippen molar-refractivity contribution in [1.82, 2.24) is 20.6 Å². The Kier molecular flexibility index (Phi) is 6.06. The van der Waals surface area contributed by atoms with Crippen LogP contribution in [0.3, 0.4) is 0 Å². The minimum absolute atomic E-state index is 0.443. The van der Waals surface area contributed by atoms with Gasteiger partial charge in [0.15, 0.2) is 11.5 Å². The zero-order valence-electron chi connectivity index (χ0n) is 14.6. The molecule has 1 heterocycles. The van der Waals surface area contributed by atoms with Gasteiger partial charge in [-0.3, -0.25) is 0 Å². The number of benzene rings is 2. The number of H-pyrrole nitrogens is 1. The van der Waals surface area contributed by atoms with E-state index >= 15 is 0 Å². The summed E-state index contributed by atoms with van der Waals surface area (Å²) >= 11 is 3.59. The summed E-state index contributed by atoms with van der Waals surface area (Å²) in [6, 6.07) is 12.2. The molecular weight excluding hydrogens is 398 g/mol. The number of halogens is 1. The van der Waals surface area contributed by atoms with Gasteiger partial charge in [0, 0.05) is 6.54 Å². The molecule has 8 heteroatoms. The van der Waals surface area contributed by atoms with Crippen molar-refractivity contribution < 1.29 is 9.47 Å². The second kappa shape index (κ2) is 8.66. The third-order valence-corrected chi connectivity index (χ3v) is 4.22. The SMILES string of the molecule is CCOc1cc(CNc2nn[nH]n2)cc(Br)c1OCc1cccc(C)c1. The summed E-state index contributed by atoms with van der Waals surface area (Å²) in [5.41, 5.74) is 3.33. The Bertz CT molecular complexity index is 855. The number of rotatable bonds is 8. The summed E-state index contributed by atoms with van der Waals surface area (Å²) in [6.45, 7) is 5.57. The lowest BCUT2D eigenvalue weighted by Crippen LogP contribution is -2.05. The van der Waals surface area contributed by atoms with Crippen molar-refractivity contribution in [2.75, 3.05) is 11.9 Å². The topological polar surface area (TPSA) is 85.0 Å². The molecule has 0 fully saturated rings. The minimum atomic E-state index is 0.443. The van der Waals surface area contributed by atoms with Gasteiger partial charge in [-0.05, 0) is 58.3 Å². The third-order valence-electron chi connectivity index (χ3n) is 3.63. The average Bonchev–Trinajstić information content (AvgIpc) is 3.13. The number of hydrogen-bond donors (Lipinski definition) is 2. The molecule has 2 N–H and O–H groups in total. The maximum absolute atomic E-state index is 6.03. The van der Waals surface area contributed by atoms with E-state index in [4.69, 9.17) is 9.47 Å². The molecule has 0 radical (unpaired) electrons. The first-order valence-corrected chi connectivity index (χ1v) is 9.06. The summed E-state index contributed by atoms with van der Waals surface area (Å²) in [7, 11) is 0. The molecule has 3 aromatic rings. The monoisotopic (exact) mass is 417 g/mol. The Morgan fingerprint density at radius 1 is 1.15 bits per heavy atom. The van der Waals surface area contributed by atoms with Gasteiger partial charge in [-0.25, -0.2) is 0 Å². The van der Waals surface area contributed by atoms with Crippen molar-refractivity contribution in [2.24, 2.45) is 0 Å². The van der Waals surface area contributed by atoms with Crippen LogP contribution < -0.4 is 14.8 Å². The number of hydrogen-bond acceptors (Lipinski definition) is 6. The van der Waals surface area contributed by atoms with E-state index in [2.05, 4.69) is 60.9 Å². The Balaban J connectivity index is 1.75. The predicted octanol–water partition coefficient (Wildman–Crippen LogP) is 3.86. The molecule has 0 aliphatic rings. The first-order valence-electron chi connectivity index (χ1n) is 8.26. The second-order valence-electron chi connectivity index (χ2n) is 5.70. The van der Waals surface area contributed by atoms with E-state index in [1.54, 1.807) is 0 Å². The number of nitrogens with zero attached hydrogens (tertiary/aromatic N) is 3. The molecule has 0 saturated heterocycles. The smallest absolute Gasteiger partial charge is 0.263 e. The van der Waals surface area contributed by atoms with E-state index in [-0.39, 0.29) is 0 Å². The molecule has 3 rings (SSSR count). The average molecular weight is 418 g/mol. The minimum Gasteiger partial charge on any atom is -0.490 e. The third kappa shape index (κ3) is 4.72. The van der Waals surface area contributed by atoms with Gasteiger partial charge in [0.25, 0.3) is 5.95 Å². The van der Waals surface area contributed by atoms with Crippen molar-refractivity contribution >= 4 is 21.9 Å². The lowest BCUT2D eigenvalue weighted by molar-refractivity contribution is 0.267. The van der Waals surface area contributed by atoms with E-state index in [1.807, 2.05) is 31.2 Å². The molecule has 0 saturated carbocycles. The largest absolute Gasteiger partial charge is 0.490 e. The second-order valence-corrected chi connectivity index (χ2v) is 6.56. The van der Waals surface area contributed by atoms with Crippen molar-refractivity contribution in [3.63, 3.8) is 0 Å². The number of aromatic amines is 1. The number of aromatic nitrogens is 4. The highest BCUT2D eigenvalue weighted by Crippen LogP contribution is 2.37. The molecule has 0 spiro atoms. The van der Waals surface area contributed by atoms with Crippen LogP contribution in [0.4, 0.5) is 5.95 Å². The van der Waals surface area contributed by atoms with E-state index in [0.717, 1.165) is 15.6 Å². The van der Waals surface area contributed by atoms with Gasteiger partial charge in [0.05, 0.1) is 11.1 Å². The maximum Gasteiger partial charge on any atom is 0.263 e. The van der Waals surface area contributed by atoms with Crippen molar-refractivity contribution in [2.45, 2.75) is 27.0 Å². The zero-order chi connectivity index (χ0) is 18.4. The number of aryl methyl sites for hydroxylation is 1. The first-order chi connectivity index (χ1) is 12.7. The summed E-state index contributed by atoms with van der Waals surface area (Å²) in [5, 5.41) is 16.8. The van der Waals surface area contributed by atoms with Crippen LogP contribution in [0.25, 0.3) is 0 Å². The van der Waals surface area contributed by atoms with Crippen LogP contribution in [0.2, 0.25) is 0 Å². The van der Waals surface area contributed by atoms with Crippen molar-refractivity contribution in [3.05, 3.63) is 57.6 Å². The quantitative estimate of drug-likeness (QED) is 0.578. The molecule has 0 amide bonds. The lowest BCUT2D eigenvalue weighted by Gasteiger charge is -2.16. The van der Waals surface area contributed by atoms with Crippen molar-refractivity contribution in [1.29, 1.82) is 0 Å². The molecular formula is C18H20BrN5O2. The standard InChI is InChI=1S/C18H20BrN5O2/c1-3-25-16-9-14(10-20-18-21-23-24-22-18)8-15(19)17(16)26-11-13-6-4-5-12(2)7-13/h4-9H,3,10-11H2,1-2H3,(H2,20,21,22,23,24). The van der Waals surface area contributed by atoms with Crippen LogP contribution in [0.1, 0.15) is 23.6 Å². The molecule has 136 valence electrons. The van der Waals surface area contributed by atoms with Gasteiger partial charge in [-0.1, -0.05) is 34.9 Å². The van der Waals surface area contributed by atoms with E-state index in [1.165, 1.54) is 5.56 Å². The van der Waals surface area contributed by atoms with Gasteiger partial charge < -0.3 is 14.8 Å². The number of anilines is 1. The van der Waals surface area contributed by atoms with Gasteiger partial charge in [-0.2, -0.15) is 5.21 Å². The number of tetrazole rings is 1. The van der Waals surface area contributed by atoms with Crippen molar-refractivity contribution in [3.8, 4) is 11.5 Å². The van der Waals surface area contributed by atoms with E-state index in [9.17, 15) is 0 Å². The van der Waals surface area contributed by atoms with Crippen LogP contribution in [-0.4, -0.2) is 27.2 Å². The molecule has 0 aliphatic carbocycles. The fraction of sp³-hybridized carbons (Fsp3) is 0.278. The Hall–Kier alpha value is -2.61. The van der Waals surface area contributed by atoms with Crippen LogP contribution in [0, 0.1) is 6.92 Å². The summed E-state index contributed by atoms with van der Waals surface area (Å²) in [4.78, 5) is 0. The van der Waals surface area contributed by atoms with Gasteiger partial charge in [-0.15, -0.1) is 5.10 Å². The van der Waals surface area contributed by atoms with E-state index in [0.29, 0.717) is 37.2 Å². The Labute approximate surface area is 160 Å². The number of ether oxygens (including phenoxy) is 2. The van der Waals surface area contributed by atoms with Crippen LogP contribution >= 0.6 is 15.9 Å². The van der Waals surface area contributed by atoms with Gasteiger partial charge in [0.1, 0.15) is 6.61 Å². The van der Waals surface area contributed by atoms with Gasteiger partial charge in [0.2, 0.25) is 0 Å². The van der Waals surface area contributed by atoms with Crippen LogP contribution in [0.15, 0.2) is 40.9 Å². The Morgan fingerprint density at radius 3 is 2.77 bits per heavy atom. The predicted molar refractivity (Wildman–Crippen MR) is 102 cm³/mol. The maximum atomic E-state index is 6.03. The first kappa shape index (κ1) is 18.2. The van der Waals surface area contributed by atoms with Crippen LogP contribution in [0.5, 0.6) is 11.5 Å². The fourth-order valence-corrected chi connectivity index (χ4v) is 3.11. The molecule has 0 bridgehead atoms. The molecule has 2 aromatic carbocycles. The zero-order valence-corrected chi connectivity index (χ0v) is 16.2. The van der Waals surface area contributed by atoms with E-state index < -0.39 is 0 Å². The van der Waals surface area contributed by atoms with Gasteiger partial charge >= 0.3 is 0 Å². The van der Waals surface area contributed by atoms with Crippen LogP contribution in [-0.2, 0) is 13.2 Å². The molecule has 7 nitrogen and oxygen atoms in total. The molecule has 1 aromatic heterocycles. The lowest BCUT2D eigenvalue weighted by atomic mass is 10.1. The summed E-state index contributed by atoms with van der Waals surface area (Å²) in [6.07, 6.45) is 0. The molecule has 0 unspecified atom stereocenters. The molecule has 0 aliphatic heterocycles. The Morgan fingerprint density at radius 2 is 2.04 bits per heavy atom. The molecule has 26 heavy (non-hydrogen) atoms. The highest BCUT2D eigenvalue weighted by Gasteiger charge is 2.13. The highest BCUT2D eigenvalue weighted by atomic mass is 79.9. The number of nitrogens with one attached hydrogen (secondary N) is 2.